The number of nitrogens with zero attached hydrogens (tertiary/aromatic N) is 1. The van der Waals surface area contributed by atoms with Crippen molar-refractivity contribution in [2.24, 2.45) is 0 Å². The predicted molar refractivity (Wildman–Crippen MR) is 72.5 cm³/mol. The highest BCUT2D eigenvalue weighted by Gasteiger charge is 2.29. The first-order valence-electron chi connectivity index (χ1n) is 6.57. The molecule has 0 unspecified atom stereocenters. The molecule has 6 heteroatoms. The summed E-state index contributed by atoms with van der Waals surface area (Å²) in [5.41, 5.74) is -0.104. The van der Waals surface area contributed by atoms with Gasteiger partial charge in [-0.3, -0.25) is 4.79 Å². The molecule has 1 aromatic carbocycles. The van der Waals surface area contributed by atoms with E-state index in [4.69, 9.17) is 0 Å². The van der Waals surface area contributed by atoms with Crippen molar-refractivity contribution in [2.45, 2.75) is 26.4 Å². The third-order valence-electron chi connectivity index (χ3n) is 3.00. The second kappa shape index (κ2) is 7.17. The number of amides is 1. The number of rotatable bonds is 6. The average Bonchev–Trinajstić information content (AvgIpc) is 2.39. The van der Waals surface area contributed by atoms with Crippen LogP contribution < -0.4 is 5.32 Å². The molecule has 1 N–H and O–H groups in total. The Balaban J connectivity index is 2.45. The Labute approximate surface area is 116 Å². The van der Waals surface area contributed by atoms with Gasteiger partial charge in [-0.2, -0.15) is 13.2 Å². The van der Waals surface area contributed by atoms with E-state index in [-0.39, 0.29) is 5.91 Å². The van der Waals surface area contributed by atoms with E-state index in [0.717, 1.165) is 12.1 Å². The smallest absolute Gasteiger partial charge is 0.385 e. The van der Waals surface area contributed by atoms with Crippen LogP contribution >= 0.6 is 0 Å². The van der Waals surface area contributed by atoms with E-state index in [1.54, 1.807) is 4.90 Å². The fraction of sp³-hybridized carbons (Fsp3) is 0.500. The summed E-state index contributed by atoms with van der Waals surface area (Å²) in [6.45, 7) is 5.54. The molecule has 1 amide bonds. The zero-order valence-corrected chi connectivity index (χ0v) is 11.6. The lowest BCUT2D eigenvalue weighted by molar-refractivity contribution is -0.137. The van der Waals surface area contributed by atoms with E-state index in [2.05, 4.69) is 5.32 Å². The molecule has 0 aromatic heterocycles. The van der Waals surface area contributed by atoms with E-state index in [9.17, 15) is 18.0 Å². The summed E-state index contributed by atoms with van der Waals surface area (Å²) in [6, 6.07) is 4.78. The lowest BCUT2D eigenvalue weighted by Crippen LogP contribution is -2.31. The van der Waals surface area contributed by atoms with Gasteiger partial charge in [-0.15, -0.1) is 0 Å². The number of anilines is 1. The van der Waals surface area contributed by atoms with E-state index in [0.29, 0.717) is 31.7 Å². The number of alkyl halides is 3. The highest BCUT2D eigenvalue weighted by atomic mass is 19.4. The fourth-order valence-corrected chi connectivity index (χ4v) is 1.83. The molecule has 0 saturated carbocycles. The zero-order chi connectivity index (χ0) is 15.2. The van der Waals surface area contributed by atoms with E-state index in [1.807, 2.05) is 13.8 Å². The first-order valence-corrected chi connectivity index (χ1v) is 6.57. The number of nitrogens with one attached hydrogen (secondary N) is 1. The SMILES string of the molecule is CCN(CC)C(=O)CCNc1ccc(C(F)(F)F)cc1. The number of benzene rings is 1. The Morgan fingerprint density at radius 3 is 2.15 bits per heavy atom. The molecule has 0 atom stereocenters. The number of carbonyl (C=O) groups is 1. The average molecular weight is 288 g/mol. The highest BCUT2D eigenvalue weighted by molar-refractivity contribution is 5.76. The Kier molecular flexibility index (Phi) is 5.85. The van der Waals surface area contributed by atoms with E-state index in [1.165, 1.54) is 12.1 Å². The monoisotopic (exact) mass is 288 g/mol. The molecule has 0 aliphatic rings. The molecule has 0 saturated heterocycles. The van der Waals surface area contributed by atoms with Gasteiger partial charge in [-0.1, -0.05) is 0 Å². The molecule has 1 aromatic rings. The van der Waals surface area contributed by atoms with E-state index >= 15 is 0 Å². The minimum Gasteiger partial charge on any atom is -0.385 e. The molecule has 3 nitrogen and oxygen atoms in total. The second-order valence-electron chi connectivity index (χ2n) is 4.32. The van der Waals surface area contributed by atoms with Gasteiger partial charge in [0.1, 0.15) is 0 Å². The van der Waals surface area contributed by atoms with Crippen LogP contribution in [-0.2, 0) is 11.0 Å². The summed E-state index contributed by atoms with van der Waals surface area (Å²) < 4.78 is 37.1. The quantitative estimate of drug-likeness (QED) is 0.870. The molecule has 20 heavy (non-hydrogen) atoms. The number of hydrogen-bond acceptors (Lipinski definition) is 2. The minimum atomic E-state index is -4.32. The molecular formula is C14H19F3N2O. The standard InChI is InChI=1S/C14H19F3N2O/c1-3-19(4-2)13(20)9-10-18-12-7-5-11(6-8-12)14(15,16)17/h5-8,18H,3-4,9-10H2,1-2H3. The summed E-state index contributed by atoms with van der Waals surface area (Å²) >= 11 is 0. The van der Waals surface area contributed by atoms with Gasteiger partial charge in [0.15, 0.2) is 0 Å². The molecule has 0 aliphatic carbocycles. The lowest BCUT2D eigenvalue weighted by Gasteiger charge is -2.18. The fourth-order valence-electron chi connectivity index (χ4n) is 1.83. The summed E-state index contributed by atoms with van der Waals surface area (Å²) in [6.07, 6.45) is -4.00. The van der Waals surface area contributed by atoms with Crippen molar-refractivity contribution in [2.75, 3.05) is 25.0 Å². The summed E-state index contributed by atoms with van der Waals surface area (Å²) in [5.74, 6) is 0.0365. The second-order valence-corrected chi connectivity index (χ2v) is 4.32. The van der Waals surface area contributed by atoms with Gasteiger partial charge < -0.3 is 10.2 Å². The van der Waals surface area contributed by atoms with Gasteiger partial charge >= 0.3 is 6.18 Å². The van der Waals surface area contributed by atoms with Crippen LogP contribution in [0.3, 0.4) is 0 Å². The maximum absolute atomic E-state index is 12.4. The van der Waals surface area contributed by atoms with Crippen LogP contribution in [0, 0.1) is 0 Å². The highest BCUT2D eigenvalue weighted by Crippen LogP contribution is 2.29. The number of hydrogen-bond donors (Lipinski definition) is 1. The Bertz CT molecular complexity index is 425. The van der Waals surface area contributed by atoms with Crippen molar-refractivity contribution in [3.8, 4) is 0 Å². The first-order chi connectivity index (χ1) is 9.38. The number of carbonyl (C=O) groups excluding carboxylic acids is 1. The molecule has 0 aliphatic heterocycles. The first kappa shape index (κ1) is 16.3. The van der Waals surface area contributed by atoms with Gasteiger partial charge in [-0.05, 0) is 38.1 Å². The van der Waals surface area contributed by atoms with Gasteiger partial charge in [0.25, 0.3) is 0 Å². The maximum atomic E-state index is 12.4. The lowest BCUT2D eigenvalue weighted by atomic mass is 10.2. The molecule has 0 bridgehead atoms. The van der Waals surface area contributed by atoms with Gasteiger partial charge in [-0.25, -0.2) is 0 Å². The summed E-state index contributed by atoms with van der Waals surface area (Å²) in [4.78, 5) is 13.4. The van der Waals surface area contributed by atoms with E-state index < -0.39 is 11.7 Å². The maximum Gasteiger partial charge on any atom is 0.416 e. The van der Waals surface area contributed by atoms with Crippen molar-refractivity contribution in [3.05, 3.63) is 29.8 Å². The molecule has 112 valence electrons. The molecule has 0 radical (unpaired) electrons. The Hall–Kier alpha value is -1.72. The van der Waals surface area contributed by atoms with Gasteiger partial charge in [0.05, 0.1) is 5.56 Å². The van der Waals surface area contributed by atoms with Crippen molar-refractivity contribution in [1.82, 2.24) is 4.90 Å². The van der Waals surface area contributed by atoms with Crippen molar-refractivity contribution >= 4 is 11.6 Å². The van der Waals surface area contributed by atoms with Crippen molar-refractivity contribution < 1.29 is 18.0 Å². The molecule has 0 fully saturated rings. The van der Waals surface area contributed by atoms with Gasteiger partial charge in [0.2, 0.25) is 5.91 Å². The summed E-state index contributed by atoms with van der Waals surface area (Å²) in [5, 5.41) is 2.94. The molecule has 0 spiro atoms. The summed E-state index contributed by atoms with van der Waals surface area (Å²) in [7, 11) is 0. The van der Waals surface area contributed by atoms with Crippen LogP contribution in [0.5, 0.6) is 0 Å². The van der Waals surface area contributed by atoms with Crippen molar-refractivity contribution in [3.63, 3.8) is 0 Å². The largest absolute Gasteiger partial charge is 0.416 e. The normalized spacial score (nSPS) is 11.2. The van der Waals surface area contributed by atoms with Crippen LogP contribution in [0.2, 0.25) is 0 Å². The van der Waals surface area contributed by atoms with Gasteiger partial charge in [0, 0.05) is 31.7 Å². The Morgan fingerprint density at radius 2 is 1.70 bits per heavy atom. The zero-order valence-electron chi connectivity index (χ0n) is 11.6. The third kappa shape index (κ3) is 4.75. The topological polar surface area (TPSA) is 32.3 Å². The Morgan fingerprint density at radius 1 is 1.15 bits per heavy atom. The van der Waals surface area contributed by atoms with Crippen LogP contribution in [0.1, 0.15) is 25.8 Å². The molecule has 1 rings (SSSR count). The van der Waals surface area contributed by atoms with Crippen LogP contribution in [-0.4, -0.2) is 30.4 Å². The van der Waals surface area contributed by atoms with Crippen LogP contribution in [0.4, 0.5) is 18.9 Å². The van der Waals surface area contributed by atoms with Crippen molar-refractivity contribution in [1.29, 1.82) is 0 Å². The van der Waals surface area contributed by atoms with Crippen LogP contribution in [0.15, 0.2) is 24.3 Å². The van der Waals surface area contributed by atoms with Crippen LogP contribution in [0.25, 0.3) is 0 Å². The number of halogens is 3. The predicted octanol–water partition coefficient (Wildman–Crippen LogP) is 3.38. The third-order valence-corrected chi connectivity index (χ3v) is 3.00. The minimum absolute atomic E-state index is 0.0365. The molecular weight excluding hydrogens is 269 g/mol. The molecule has 0 heterocycles.